The van der Waals surface area contributed by atoms with E-state index in [1.807, 2.05) is 24.3 Å². The van der Waals surface area contributed by atoms with E-state index in [1.165, 1.54) is 37.0 Å². The fraction of sp³-hybridized carbons (Fsp3) is 0.400. The van der Waals surface area contributed by atoms with Gasteiger partial charge in [-0.2, -0.15) is 0 Å². The molecule has 2 atom stereocenters. The number of ether oxygens (including phenoxy) is 2. The zero-order chi connectivity index (χ0) is 20.9. The molecule has 0 aliphatic carbocycles. The Kier molecular flexibility index (Phi) is 4.58. The number of rotatable bonds is 3. The number of fused-ring (bicyclic) bond motifs is 4. The van der Waals surface area contributed by atoms with Gasteiger partial charge in [-0.15, -0.1) is 0 Å². The SMILES string of the molecule is CN1[C@H]2CC[C@@H]1CN(Cc1cc3cc4c(cc3nc1-c1ccc(F)cc1)OCO4)CC2. The van der Waals surface area contributed by atoms with Crippen molar-refractivity contribution in [1.29, 1.82) is 0 Å². The first-order valence-corrected chi connectivity index (χ1v) is 11.1. The number of nitrogens with zero attached hydrogens (tertiary/aromatic N) is 3. The van der Waals surface area contributed by atoms with Gasteiger partial charge in [0.05, 0.1) is 11.2 Å². The Hall–Kier alpha value is -2.70. The highest BCUT2D eigenvalue weighted by molar-refractivity contribution is 5.86. The smallest absolute Gasteiger partial charge is 0.231 e. The van der Waals surface area contributed by atoms with Crippen LogP contribution in [0.5, 0.6) is 11.5 Å². The summed E-state index contributed by atoms with van der Waals surface area (Å²) in [7, 11) is 2.27. The Labute approximate surface area is 181 Å². The van der Waals surface area contributed by atoms with Crippen molar-refractivity contribution in [3.63, 3.8) is 0 Å². The van der Waals surface area contributed by atoms with E-state index in [1.54, 1.807) is 0 Å². The molecule has 1 aromatic heterocycles. The second-order valence-electron chi connectivity index (χ2n) is 8.98. The molecule has 5 nitrogen and oxygen atoms in total. The molecule has 3 aliphatic rings. The Morgan fingerprint density at radius 1 is 1.00 bits per heavy atom. The molecule has 0 spiro atoms. The molecule has 4 heterocycles. The molecule has 0 amide bonds. The summed E-state index contributed by atoms with van der Waals surface area (Å²) in [6.45, 7) is 3.25. The van der Waals surface area contributed by atoms with E-state index in [-0.39, 0.29) is 12.6 Å². The standard InChI is InChI=1S/C25H26FN3O2/c1-28-20-6-7-21(28)14-29(9-8-20)13-18-10-17-11-23-24(31-15-30-23)12-22(17)27-25(18)16-2-4-19(26)5-3-16/h2-5,10-12,20-21H,6-9,13-15H2,1H3/t20-,21+/m0/s1. The first kappa shape index (κ1) is 19.0. The highest BCUT2D eigenvalue weighted by atomic mass is 19.1. The molecule has 0 radical (unpaired) electrons. The van der Waals surface area contributed by atoms with Crippen molar-refractivity contribution in [2.24, 2.45) is 0 Å². The van der Waals surface area contributed by atoms with Crippen LogP contribution in [0.3, 0.4) is 0 Å². The van der Waals surface area contributed by atoms with E-state index >= 15 is 0 Å². The van der Waals surface area contributed by atoms with Gasteiger partial charge in [0, 0.05) is 48.7 Å². The van der Waals surface area contributed by atoms with Gasteiger partial charge < -0.3 is 9.47 Å². The molecule has 3 aromatic rings. The molecule has 0 N–H and O–H groups in total. The summed E-state index contributed by atoms with van der Waals surface area (Å²) in [5.41, 5.74) is 3.87. The highest BCUT2D eigenvalue weighted by Crippen LogP contribution is 2.38. The van der Waals surface area contributed by atoms with Crippen LogP contribution in [0.1, 0.15) is 24.8 Å². The largest absolute Gasteiger partial charge is 0.454 e. The number of hydrogen-bond acceptors (Lipinski definition) is 5. The summed E-state index contributed by atoms with van der Waals surface area (Å²) in [5.74, 6) is 1.26. The fourth-order valence-corrected chi connectivity index (χ4v) is 5.35. The number of likely N-dealkylation sites (N-methyl/N-ethyl adjacent to an activating group) is 1. The van der Waals surface area contributed by atoms with Crippen molar-refractivity contribution < 1.29 is 13.9 Å². The van der Waals surface area contributed by atoms with Gasteiger partial charge >= 0.3 is 0 Å². The second-order valence-corrected chi connectivity index (χ2v) is 8.98. The number of hydrogen-bond donors (Lipinski definition) is 0. The van der Waals surface area contributed by atoms with Crippen LogP contribution in [0.4, 0.5) is 4.39 Å². The molecule has 2 fully saturated rings. The number of likely N-dealkylation sites (tertiary alicyclic amines) is 1. The van der Waals surface area contributed by atoms with Gasteiger partial charge in [-0.1, -0.05) is 0 Å². The van der Waals surface area contributed by atoms with Gasteiger partial charge in [0.25, 0.3) is 0 Å². The Bertz CT molecular complexity index is 1130. The Balaban J connectivity index is 1.41. The van der Waals surface area contributed by atoms with E-state index in [4.69, 9.17) is 14.5 Å². The summed E-state index contributed by atoms with van der Waals surface area (Å²) in [5, 5.41) is 1.04. The maximum Gasteiger partial charge on any atom is 0.231 e. The van der Waals surface area contributed by atoms with Gasteiger partial charge in [0.2, 0.25) is 6.79 Å². The lowest BCUT2D eigenvalue weighted by Crippen LogP contribution is -2.36. The van der Waals surface area contributed by atoms with Crippen LogP contribution in [0.15, 0.2) is 42.5 Å². The number of aromatic nitrogens is 1. The minimum atomic E-state index is -0.235. The number of halogens is 1. The van der Waals surface area contributed by atoms with E-state index < -0.39 is 0 Å². The molecule has 0 unspecified atom stereocenters. The van der Waals surface area contributed by atoms with Crippen LogP contribution in [0.25, 0.3) is 22.2 Å². The first-order valence-electron chi connectivity index (χ1n) is 11.1. The third kappa shape index (κ3) is 3.44. The maximum absolute atomic E-state index is 13.6. The molecule has 160 valence electrons. The maximum atomic E-state index is 13.6. The number of benzene rings is 2. The van der Waals surface area contributed by atoms with Gasteiger partial charge in [-0.05, 0) is 68.3 Å². The lowest BCUT2D eigenvalue weighted by atomic mass is 10.0. The molecule has 2 bridgehead atoms. The van der Waals surface area contributed by atoms with Crippen molar-refractivity contribution in [1.82, 2.24) is 14.8 Å². The van der Waals surface area contributed by atoms with Crippen LogP contribution in [0.2, 0.25) is 0 Å². The van der Waals surface area contributed by atoms with Crippen molar-refractivity contribution in [2.45, 2.75) is 37.9 Å². The molecule has 2 saturated heterocycles. The quantitative estimate of drug-likeness (QED) is 0.628. The summed E-state index contributed by atoms with van der Waals surface area (Å²) in [6.07, 6.45) is 3.81. The minimum absolute atomic E-state index is 0.235. The van der Waals surface area contributed by atoms with E-state index in [9.17, 15) is 4.39 Å². The summed E-state index contributed by atoms with van der Waals surface area (Å²) < 4.78 is 24.7. The van der Waals surface area contributed by atoms with Crippen molar-refractivity contribution in [2.75, 3.05) is 26.9 Å². The monoisotopic (exact) mass is 419 g/mol. The van der Waals surface area contributed by atoms with Gasteiger partial charge in [0.1, 0.15) is 5.82 Å². The van der Waals surface area contributed by atoms with Crippen molar-refractivity contribution in [3.8, 4) is 22.8 Å². The van der Waals surface area contributed by atoms with Crippen LogP contribution in [0, 0.1) is 5.82 Å². The molecule has 6 heteroatoms. The summed E-state index contributed by atoms with van der Waals surface area (Å²) in [6, 6.07) is 14.2. The Morgan fingerprint density at radius 2 is 1.77 bits per heavy atom. The topological polar surface area (TPSA) is 37.8 Å². The highest BCUT2D eigenvalue weighted by Gasteiger charge is 2.34. The van der Waals surface area contributed by atoms with Crippen molar-refractivity contribution in [3.05, 3.63) is 53.8 Å². The molecular weight excluding hydrogens is 393 g/mol. The lowest BCUT2D eigenvalue weighted by molar-refractivity contribution is 0.174. The average molecular weight is 420 g/mol. The van der Waals surface area contributed by atoms with E-state index in [0.717, 1.165) is 53.3 Å². The normalized spacial score (nSPS) is 23.4. The first-order chi connectivity index (χ1) is 15.1. The number of pyridine rings is 1. The molecule has 3 aliphatic heterocycles. The predicted molar refractivity (Wildman–Crippen MR) is 118 cm³/mol. The van der Waals surface area contributed by atoms with Gasteiger partial charge in [-0.3, -0.25) is 9.80 Å². The third-order valence-corrected chi connectivity index (χ3v) is 7.13. The molecular formula is C25H26FN3O2. The second kappa shape index (κ2) is 7.46. The van der Waals surface area contributed by atoms with E-state index in [2.05, 4.69) is 22.9 Å². The van der Waals surface area contributed by atoms with E-state index in [0.29, 0.717) is 12.1 Å². The third-order valence-electron chi connectivity index (χ3n) is 7.13. The molecule has 6 rings (SSSR count). The van der Waals surface area contributed by atoms with Gasteiger partial charge in [-0.25, -0.2) is 9.37 Å². The molecule has 0 saturated carbocycles. The van der Waals surface area contributed by atoms with Crippen LogP contribution < -0.4 is 9.47 Å². The summed E-state index contributed by atoms with van der Waals surface area (Å²) in [4.78, 5) is 10.1. The fourth-order valence-electron chi connectivity index (χ4n) is 5.35. The average Bonchev–Trinajstić information content (AvgIpc) is 3.31. The predicted octanol–water partition coefficient (Wildman–Crippen LogP) is 4.44. The molecule has 2 aromatic carbocycles. The van der Waals surface area contributed by atoms with Crippen LogP contribution >= 0.6 is 0 Å². The zero-order valence-electron chi connectivity index (χ0n) is 17.7. The Morgan fingerprint density at radius 3 is 2.61 bits per heavy atom. The lowest BCUT2D eigenvalue weighted by Gasteiger charge is -2.26. The van der Waals surface area contributed by atoms with Crippen molar-refractivity contribution >= 4 is 10.9 Å². The summed E-state index contributed by atoms with van der Waals surface area (Å²) >= 11 is 0. The molecule has 31 heavy (non-hydrogen) atoms. The van der Waals surface area contributed by atoms with Crippen LogP contribution in [-0.4, -0.2) is 53.8 Å². The zero-order valence-corrected chi connectivity index (χ0v) is 17.7. The van der Waals surface area contributed by atoms with Gasteiger partial charge in [0.15, 0.2) is 11.5 Å². The minimum Gasteiger partial charge on any atom is -0.454 e. The van der Waals surface area contributed by atoms with Crippen LogP contribution in [-0.2, 0) is 6.54 Å².